The Morgan fingerprint density at radius 1 is 0.943 bits per heavy atom. The molecule has 0 radical (unpaired) electrons. The number of amides is 2. The van der Waals surface area contributed by atoms with Crippen LogP contribution in [0.1, 0.15) is 11.1 Å². The number of rotatable bonds is 6. The van der Waals surface area contributed by atoms with Gasteiger partial charge < -0.3 is 9.47 Å². The molecule has 174 valence electrons. The molecule has 1 aliphatic heterocycles. The lowest BCUT2D eigenvalue weighted by Gasteiger charge is -2.15. The van der Waals surface area contributed by atoms with Crippen LogP contribution in [0, 0.1) is 0 Å². The highest BCUT2D eigenvalue weighted by atomic mass is 79.9. The summed E-state index contributed by atoms with van der Waals surface area (Å²) in [4.78, 5) is 25.4. The van der Waals surface area contributed by atoms with Crippen molar-refractivity contribution in [1.29, 1.82) is 0 Å². The maximum Gasteiger partial charge on any atom is 0.282 e. The van der Waals surface area contributed by atoms with Gasteiger partial charge in [-0.05, 0) is 68.2 Å². The summed E-state index contributed by atoms with van der Waals surface area (Å²) in [6.07, 6.45) is 1.54. The molecule has 1 fully saturated rings. The molecule has 0 aliphatic carbocycles. The molecule has 4 aromatic rings. The van der Waals surface area contributed by atoms with E-state index in [0.717, 1.165) is 16.3 Å². The van der Waals surface area contributed by atoms with Gasteiger partial charge in [0.25, 0.3) is 11.8 Å². The number of para-hydroxylation sites is 1. The number of nitrogens with zero attached hydrogens (tertiary/aromatic N) is 1. The zero-order valence-corrected chi connectivity index (χ0v) is 20.4. The maximum absolute atomic E-state index is 12.9. The number of halogens is 1. The van der Waals surface area contributed by atoms with E-state index in [1.54, 1.807) is 49.6 Å². The molecular formula is C28H21BrN2O4. The average Bonchev–Trinajstić information content (AvgIpc) is 3.16. The zero-order chi connectivity index (χ0) is 24.4. The monoisotopic (exact) mass is 528 g/mol. The average molecular weight is 529 g/mol. The van der Waals surface area contributed by atoms with Crippen molar-refractivity contribution >= 4 is 50.3 Å². The minimum Gasteiger partial charge on any atom is -0.493 e. The van der Waals surface area contributed by atoms with Gasteiger partial charge in [-0.2, -0.15) is 0 Å². The Kier molecular flexibility index (Phi) is 6.25. The van der Waals surface area contributed by atoms with Crippen molar-refractivity contribution in [2.45, 2.75) is 6.61 Å². The van der Waals surface area contributed by atoms with Crippen molar-refractivity contribution in [3.8, 4) is 11.5 Å². The molecule has 6 nitrogen and oxygen atoms in total. The molecule has 0 unspecified atom stereocenters. The summed E-state index contributed by atoms with van der Waals surface area (Å²) in [6.45, 7) is 0.351. The topological polar surface area (TPSA) is 67.9 Å². The van der Waals surface area contributed by atoms with Gasteiger partial charge in [-0.1, -0.05) is 60.7 Å². The van der Waals surface area contributed by atoms with Crippen molar-refractivity contribution in [3.05, 3.63) is 106 Å². The van der Waals surface area contributed by atoms with Crippen molar-refractivity contribution in [2.75, 3.05) is 12.1 Å². The van der Waals surface area contributed by atoms with Crippen molar-refractivity contribution < 1.29 is 19.1 Å². The number of anilines is 1. The first kappa shape index (κ1) is 22.7. The predicted molar refractivity (Wildman–Crippen MR) is 139 cm³/mol. The van der Waals surface area contributed by atoms with E-state index in [4.69, 9.17) is 9.47 Å². The van der Waals surface area contributed by atoms with Gasteiger partial charge in [0.1, 0.15) is 12.2 Å². The summed E-state index contributed by atoms with van der Waals surface area (Å²) < 4.78 is 12.4. The molecule has 7 heteroatoms. The normalized spacial score (nSPS) is 14.5. The van der Waals surface area contributed by atoms with Crippen molar-refractivity contribution in [1.82, 2.24) is 5.43 Å². The molecule has 2 amide bonds. The van der Waals surface area contributed by atoms with Crippen LogP contribution < -0.4 is 19.9 Å². The van der Waals surface area contributed by atoms with Gasteiger partial charge in [0, 0.05) is 0 Å². The summed E-state index contributed by atoms with van der Waals surface area (Å²) in [5, 5.41) is 3.51. The van der Waals surface area contributed by atoms with Gasteiger partial charge in [0.2, 0.25) is 0 Å². The van der Waals surface area contributed by atoms with Crippen LogP contribution in [-0.2, 0) is 16.2 Å². The molecule has 1 saturated heterocycles. The van der Waals surface area contributed by atoms with Crippen LogP contribution in [0.5, 0.6) is 11.5 Å². The number of fused-ring (bicyclic) bond motifs is 1. The number of nitrogens with one attached hydrogen (secondary N) is 1. The van der Waals surface area contributed by atoms with Gasteiger partial charge >= 0.3 is 0 Å². The fourth-order valence-electron chi connectivity index (χ4n) is 4.01. The molecule has 0 saturated carbocycles. The number of hydrogen-bond donors (Lipinski definition) is 1. The Labute approximate surface area is 210 Å². The van der Waals surface area contributed by atoms with Crippen molar-refractivity contribution in [2.24, 2.45) is 0 Å². The lowest BCUT2D eigenvalue weighted by molar-refractivity contribution is -0.117. The van der Waals surface area contributed by atoms with E-state index >= 15 is 0 Å². The molecule has 0 bridgehead atoms. The smallest absolute Gasteiger partial charge is 0.282 e. The molecule has 0 spiro atoms. The SMILES string of the molecule is COc1cc(/C=C2\C(=O)NN(c3ccccc3)C2=O)cc(Br)c1OCc1cccc2ccccc12. The number of hydrazine groups is 1. The summed E-state index contributed by atoms with van der Waals surface area (Å²) in [5.74, 6) is 0.130. The summed E-state index contributed by atoms with van der Waals surface area (Å²) in [7, 11) is 1.55. The highest BCUT2D eigenvalue weighted by Gasteiger charge is 2.34. The van der Waals surface area contributed by atoms with E-state index in [2.05, 4.69) is 39.6 Å². The van der Waals surface area contributed by atoms with Crippen LogP contribution in [-0.4, -0.2) is 18.9 Å². The number of hydrogen-bond acceptors (Lipinski definition) is 4. The molecule has 1 N–H and O–H groups in total. The number of methoxy groups -OCH3 is 1. The quantitative estimate of drug-likeness (QED) is 0.259. The second-order valence-electron chi connectivity index (χ2n) is 7.94. The molecule has 1 aliphatic rings. The minimum atomic E-state index is -0.467. The fourth-order valence-corrected chi connectivity index (χ4v) is 4.59. The number of carbonyl (C=O) groups is 2. The molecule has 0 aromatic heterocycles. The van der Waals surface area contributed by atoms with Gasteiger partial charge in [-0.3, -0.25) is 15.0 Å². The predicted octanol–water partition coefficient (Wildman–Crippen LogP) is 5.65. The van der Waals surface area contributed by atoms with Gasteiger partial charge in [0.15, 0.2) is 11.5 Å². The fraction of sp³-hybridized carbons (Fsp3) is 0.0714. The van der Waals surface area contributed by atoms with Crippen LogP contribution in [0.2, 0.25) is 0 Å². The van der Waals surface area contributed by atoms with Crippen LogP contribution in [0.25, 0.3) is 16.8 Å². The molecule has 4 aromatic carbocycles. The Bertz CT molecular complexity index is 1460. The van der Waals surface area contributed by atoms with E-state index in [9.17, 15) is 9.59 Å². The minimum absolute atomic E-state index is 0.0345. The van der Waals surface area contributed by atoms with Crippen LogP contribution in [0.4, 0.5) is 5.69 Å². The van der Waals surface area contributed by atoms with Crippen LogP contribution >= 0.6 is 15.9 Å². The number of ether oxygens (including phenoxy) is 2. The highest BCUT2D eigenvalue weighted by Crippen LogP contribution is 2.38. The van der Waals surface area contributed by atoms with E-state index in [1.807, 2.05) is 30.3 Å². The van der Waals surface area contributed by atoms with E-state index < -0.39 is 11.8 Å². The van der Waals surface area contributed by atoms with E-state index in [-0.39, 0.29) is 5.57 Å². The highest BCUT2D eigenvalue weighted by molar-refractivity contribution is 9.10. The molecule has 0 atom stereocenters. The lowest BCUT2D eigenvalue weighted by atomic mass is 10.1. The van der Waals surface area contributed by atoms with Crippen LogP contribution in [0.15, 0.2) is 95.0 Å². The summed E-state index contributed by atoms with van der Waals surface area (Å²) in [6, 6.07) is 26.7. The van der Waals surface area contributed by atoms with Gasteiger partial charge in [-0.25, -0.2) is 5.01 Å². The first-order chi connectivity index (χ1) is 17.0. The molecular weight excluding hydrogens is 508 g/mol. The third-order valence-electron chi connectivity index (χ3n) is 5.72. The molecule has 1 heterocycles. The number of carbonyl (C=O) groups excluding carboxylic acids is 2. The van der Waals surface area contributed by atoms with Crippen molar-refractivity contribution in [3.63, 3.8) is 0 Å². The second kappa shape index (κ2) is 9.64. The Balaban J connectivity index is 1.41. The van der Waals surface area contributed by atoms with E-state index in [1.165, 1.54) is 5.01 Å². The summed E-state index contributed by atoms with van der Waals surface area (Å²) in [5.41, 5.74) is 4.91. The lowest BCUT2D eigenvalue weighted by Crippen LogP contribution is -2.35. The number of benzene rings is 4. The van der Waals surface area contributed by atoms with Gasteiger partial charge in [-0.15, -0.1) is 0 Å². The first-order valence-corrected chi connectivity index (χ1v) is 11.7. The zero-order valence-electron chi connectivity index (χ0n) is 18.8. The molecule has 5 rings (SSSR count). The Morgan fingerprint density at radius 3 is 2.49 bits per heavy atom. The third-order valence-corrected chi connectivity index (χ3v) is 6.31. The van der Waals surface area contributed by atoms with Gasteiger partial charge in [0.05, 0.1) is 17.3 Å². The Hall–Kier alpha value is -4.10. The second-order valence-corrected chi connectivity index (χ2v) is 8.79. The molecule has 35 heavy (non-hydrogen) atoms. The maximum atomic E-state index is 12.9. The first-order valence-electron chi connectivity index (χ1n) is 10.9. The Morgan fingerprint density at radius 2 is 1.69 bits per heavy atom. The summed E-state index contributed by atoms with van der Waals surface area (Å²) >= 11 is 3.56. The van der Waals surface area contributed by atoms with E-state index in [0.29, 0.717) is 33.8 Å². The standard InChI is InChI=1S/C28H21BrN2O4/c1-34-25-16-18(14-23-27(32)30-31(28(23)33)21-11-3-2-4-12-21)15-24(29)26(25)35-17-20-10-7-9-19-8-5-6-13-22(19)20/h2-16H,17H2,1H3,(H,30,32)/b23-14+. The van der Waals surface area contributed by atoms with Crippen LogP contribution in [0.3, 0.4) is 0 Å². The third kappa shape index (κ3) is 4.50. The largest absolute Gasteiger partial charge is 0.493 e.